The summed E-state index contributed by atoms with van der Waals surface area (Å²) in [4.78, 5) is 21.6. The molecule has 0 bridgehead atoms. The van der Waals surface area contributed by atoms with Crippen LogP contribution >= 0.6 is 0 Å². The molecule has 0 spiro atoms. The summed E-state index contributed by atoms with van der Waals surface area (Å²) in [5.41, 5.74) is 0. The molecule has 0 aromatic heterocycles. The molecule has 0 unspecified atom stereocenters. The van der Waals surface area contributed by atoms with Crippen LogP contribution in [0.3, 0.4) is 0 Å². The van der Waals surface area contributed by atoms with Crippen molar-refractivity contribution in [1.82, 2.24) is 5.32 Å². The molecular weight excluding hydrogens is 166 g/mol. The number of amides is 1. The molecular formula is C10H17NO2. The molecule has 1 amide bonds. The molecule has 0 radical (unpaired) electrons. The monoisotopic (exact) mass is 183 g/mol. The van der Waals surface area contributed by atoms with Crippen molar-refractivity contribution >= 4 is 11.7 Å². The highest BCUT2D eigenvalue weighted by Gasteiger charge is 2.01. The lowest BCUT2D eigenvalue weighted by molar-refractivity contribution is -0.124. The van der Waals surface area contributed by atoms with Crippen LogP contribution in [0.15, 0.2) is 12.2 Å². The van der Waals surface area contributed by atoms with Crippen molar-refractivity contribution in [1.29, 1.82) is 0 Å². The number of carbonyl (C=O) groups is 2. The van der Waals surface area contributed by atoms with Gasteiger partial charge in [0.25, 0.3) is 0 Å². The zero-order valence-electron chi connectivity index (χ0n) is 8.30. The lowest BCUT2D eigenvalue weighted by Gasteiger charge is -2.01. The predicted molar refractivity (Wildman–Crippen MR) is 52.4 cm³/mol. The maximum atomic E-state index is 11.0. The van der Waals surface area contributed by atoms with E-state index in [4.69, 9.17) is 0 Å². The van der Waals surface area contributed by atoms with Crippen molar-refractivity contribution in [2.24, 2.45) is 0 Å². The van der Waals surface area contributed by atoms with Crippen LogP contribution < -0.4 is 5.32 Å². The van der Waals surface area contributed by atoms with E-state index < -0.39 is 0 Å². The van der Waals surface area contributed by atoms with Gasteiger partial charge in [-0.15, -0.1) is 0 Å². The summed E-state index contributed by atoms with van der Waals surface area (Å²) in [6.45, 7) is 4.09. The molecule has 0 saturated heterocycles. The van der Waals surface area contributed by atoms with Crippen molar-refractivity contribution in [2.75, 3.05) is 6.54 Å². The molecule has 1 N–H and O–H groups in total. The number of nitrogens with one attached hydrogen (secondary N) is 1. The minimum atomic E-state index is -0.0419. The van der Waals surface area contributed by atoms with Gasteiger partial charge in [0, 0.05) is 19.4 Å². The highest BCUT2D eigenvalue weighted by molar-refractivity contribution is 5.83. The van der Waals surface area contributed by atoms with E-state index in [1.807, 2.05) is 19.1 Å². The first kappa shape index (κ1) is 11.9. The van der Waals surface area contributed by atoms with Gasteiger partial charge in [-0.05, 0) is 20.3 Å². The molecule has 0 rings (SSSR count). The first-order valence-electron chi connectivity index (χ1n) is 4.54. The van der Waals surface area contributed by atoms with E-state index in [0.29, 0.717) is 19.4 Å². The first-order valence-corrected chi connectivity index (χ1v) is 4.54. The highest BCUT2D eigenvalue weighted by atomic mass is 16.2. The number of ketones is 1. The van der Waals surface area contributed by atoms with Gasteiger partial charge in [0.1, 0.15) is 5.78 Å². The Balaban J connectivity index is 3.35. The van der Waals surface area contributed by atoms with E-state index in [2.05, 4.69) is 5.32 Å². The Hall–Kier alpha value is -1.12. The van der Waals surface area contributed by atoms with E-state index in [-0.39, 0.29) is 11.7 Å². The number of Topliss-reactive ketones (excluding diaryl/α,β-unsaturated/α-hetero) is 1. The Morgan fingerprint density at radius 1 is 1.31 bits per heavy atom. The molecule has 0 heterocycles. The minimum Gasteiger partial charge on any atom is -0.356 e. The fourth-order valence-electron chi connectivity index (χ4n) is 0.840. The second-order valence-corrected chi connectivity index (χ2v) is 2.91. The van der Waals surface area contributed by atoms with Crippen LogP contribution in [0, 0.1) is 0 Å². The van der Waals surface area contributed by atoms with Gasteiger partial charge in [-0.25, -0.2) is 0 Å². The van der Waals surface area contributed by atoms with Crippen molar-refractivity contribution in [2.45, 2.75) is 33.1 Å². The van der Waals surface area contributed by atoms with Crippen molar-refractivity contribution in [3.63, 3.8) is 0 Å². The topological polar surface area (TPSA) is 46.2 Å². The highest BCUT2D eigenvalue weighted by Crippen LogP contribution is 1.90. The van der Waals surface area contributed by atoms with Crippen LogP contribution in [0.1, 0.15) is 33.1 Å². The summed E-state index contributed by atoms with van der Waals surface area (Å²) in [6, 6.07) is 0. The Labute approximate surface area is 79.2 Å². The smallest absolute Gasteiger partial charge is 0.220 e. The van der Waals surface area contributed by atoms with E-state index >= 15 is 0 Å². The van der Waals surface area contributed by atoms with Crippen LogP contribution in [-0.2, 0) is 9.59 Å². The van der Waals surface area contributed by atoms with Crippen LogP contribution in [0.25, 0.3) is 0 Å². The average Bonchev–Trinajstić information content (AvgIpc) is 2.09. The Morgan fingerprint density at radius 2 is 2.00 bits per heavy atom. The van der Waals surface area contributed by atoms with Crippen molar-refractivity contribution in [3.05, 3.63) is 12.2 Å². The predicted octanol–water partition coefficient (Wildman–Crippen LogP) is 1.44. The largest absolute Gasteiger partial charge is 0.356 e. The molecule has 74 valence electrons. The zero-order valence-corrected chi connectivity index (χ0v) is 8.30. The summed E-state index contributed by atoms with van der Waals surface area (Å²) in [7, 11) is 0. The Bertz CT molecular complexity index is 197. The van der Waals surface area contributed by atoms with Crippen LogP contribution in [0.2, 0.25) is 0 Å². The molecule has 3 heteroatoms. The van der Waals surface area contributed by atoms with Gasteiger partial charge in [-0.3, -0.25) is 4.79 Å². The quantitative estimate of drug-likeness (QED) is 0.500. The van der Waals surface area contributed by atoms with Gasteiger partial charge in [0.15, 0.2) is 0 Å². The standard InChI is InChI=1S/C10H17NO2/c1-3-4-5-8-11-10(13)7-6-9(2)12/h3-4H,5-8H2,1-2H3,(H,11,13)/b4-3+. The molecule has 0 fully saturated rings. The molecule has 0 atom stereocenters. The summed E-state index contributed by atoms with van der Waals surface area (Å²) in [5.74, 6) is 0.0170. The number of hydrogen-bond acceptors (Lipinski definition) is 2. The van der Waals surface area contributed by atoms with Gasteiger partial charge in [0.2, 0.25) is 5.91 Å². The zero-order chi connectivity index (χ0) is 10.1. The van der Waals surface area contributed by atoms with E-state index in [9.17, 15) is 9.59 Å². The number of carbonyl (C=O) groups excluding carboxylic acids is 2. The normalized spacial score (nSPS) is 10.3. The number of rotatable bonds is 6. The van der Waals surface area contributed by atoms with Crippen molar-refractivity contribution in [3.8, 4) is 0 Å². The van der Waals surface area contributed by atoms with Gasteiger partial charge in [0.05, 0.1) is 0 Å². The average molecular weight is 183 g/mol. The van der Waals surface area contributed by atoms with Gasteiger partial charge >= 0.3 is 0 Å². The summed E-state index contributed by atoms with van der Waals surface area (Å²) in [6.07, 6.45) is 5.44. The summed E-state index contributed by atoms with van der Waals surface area (Å²) >= 11 is 0. The Kier molecular flexibility index (Phi) is 6.88. The molecule has 3 nitrogen and oxygen atoms in total. The summed E-state index contributed by atoms with van der Waals surface area (Å²) in [5, 5.41) is 2.73. The van der Waals surface area contributed by atoms with E-state index in [0.717, 1.165) is 6.42 Å². The maximum Gasteiger partial charge on any atom is 0.220 e. The third-order valence-corrected chi connectivity index (χ3v) is 1.57. The molecule has 0 aromatic rings. The number of allylic oxidation sites excluding steroid dienone is 1. The van der Waals surface area contributed by atoms with Gasteiger partial charge < -0.3 is 10.1 Å². The molecule has 0 aliphatic rings. The third kappa shape index (κ3) is 8.79. The van der Waals surface area contributed by atoms with Crippen LogP contribution in [0.4, 0.5) is 0 Å². The second kappa shape index (κ2) is 7.53. The van der Waals surface area contributed by atoms with Crippen LogP contribution in [-0.4, -0.2) is 18.2 Å². The molecule has 0 aliphatic heterocycles. The van der Waals surface area contributed by atoms with E-state index in [1.54, 1.807) is 0 Å². The molecule has 0 saturated carbocycles. The molecule has 0 aromatic carbocycles. The maximum absolute atomic E-state index is 11.0. The second-order valence-electron chi connectivity index (χ2n) is 2.91. The van der Waals surface area contributed by atoms with Gasteiger partial charge in [-0.1, -0.05) is 12.2 Å². The minimum absolute atomic E-state index is 0.0419. The van der Waals surface area contributed by atoms with Crippen LogP contribution in [0.5, 0.6) is 0 Å². The fraction of sp³-hybridized carbons (Fsp3) is 0.600. The molecule has 13 heavy (non-hydrogen) atoms. The summed E-state index contributed by atoms with van der Waals surface area (Å²) < 4.78 is 0. The van der Waals surface area contributed by atoms with Gasteiger partial charge in [-0.2, -0.15) is 0 Å². The third-order valence-electron chi connectivity index (χ3n) is 1.57. The SMILES string of the molecule is C/C=C/CCNC(=O)CCC(C)=O. The van der Waals surface area contributed by atoms with Crippen molar-refractivity contribution < 1.29 is 9.59 Å². The molecule has 0 aliphatic carbocycles. The first-order chi connectivity index (χ1) is 6.16. The lowest BCUT2D eigenvalue weighted by atomic mass is 10.2. The Morgan fingerprint density at radius 3 is 2.54 bits per heavy atom. The van der Waals surface area contributed by atoms with E-state index in [1.165, 1.54) is 6.92 Å². The lowest BCUT2D eigenvalue weighted by Crippen LogP contribution is -2.24. The fourth-order valence-corrected chi connectivity index (χ4v) is 0.840. The number of hydrogen-bond donors (Lipinski definition) is 1.